The molecule has 0 aromatic heterocycles. The van der Waals surface area contributed by atoms with Crippen molar-refractivity contribution in [1.29, 1.82) is 0 Å². The molecule has 1 unspecified atom stereocenters. The molecule has 2 rings (SSSR count). The molecular formula is C15H11Cl2FO. The molecular weight excluding hydrogens is 286 g/mol. The average Bonchev–Trinajstić information content (AvgIpc) is 2.35. The van der Waals surface area contributed by atoms with E-state index in [0.29, 0.717) is 17.0 Å². The number of hydrogen-bond acceptors (Lipinski definition) is 1. The van der Waals surface area contributed by atoms with Crippen LogP contribution in [-0.2, 0) is 11.2 Å². The second kappa shape index (κ2) is 6.18. The maximum absolute atomic E-state index is 13.2. The molecule has 0 aliphatic heterocycles. The van der Waals surface area contributed by atoms with Crippen LogP contribution in [0.25, 0.3) is 0 Å². The molecule has 1 atom stereocenters. The lowest BCUT2D eigenvalue weighted by Gasteiger charge is -2.13. The third-order valence-corrected chi connectivity index (χ3v) is 3.35. The van der Waals surface area contributed by atoms with Gasteiger partial charge in [0.05, 0.1) is 5.92 Å². The van der Waals surface area contributed by atoms with E-state index in [2.05, 4.69) is 0 Å². The molecule has 0 saturated carbocycles. The highest BCUT2D eigenvalue weighted by Gasteiger charge is 2.19. The summed E-state index contributed by atoms with van der Waals surface area (Å²) in [6.07, 6.45) is 0.395. The van der Waals surface area contributed by atoms with Crippen LogP contribution in [0.15, 0.2) is 48.5 Å². The zero-order chi connectivity index (χ0) is 13.8. The molecule has 0 radical (unpaired) electrons. The van der Waals surface area contributed by atoms with E-state index in [1.807, 2.05) is 6.07 Å². The summed E-state index contributed by atoms with van der Waals surface area (Å²) in [7, 11) is 0. The van der Waals surface area contributed by atoms with Crippen LogP contribution in [0, 0.1) is 5.82 Å². The Kier molecular flexibility index (Phi) is 4.56. The Morgan fingerprint density at radius 3 is 2.53 bits per heavy atom. The quantitative estimate of drug-likeness (QED) is 0.755. The van der Waals surface area contributed by atoms with Crippen molar-refractivity contribution in [2.24, 2.45) is 0 Å². The number of hydrogen-bond donors (Lipinski definition) is 0. The van der Waals surface area contributed by atoms with Gasteiger partial charge in [0, 0.05) is 5.02 Å². The summed E-state index contributed by atoms with van der Waals surface area (Å²) in [5.41, 5.74) is 1.45. The number of carbonyl (C=O) groups is 1. The van der Waals surface area contributed by atoms with E-state index in [9.17, 15) is 9.18 Å². The van der Waals surface area contributed by atoms with E-state index >= 15 is 0 Å². The fraction of sp³-hybridized carbons (Fsp3) is 0.133. The van der Waals surface area contributed by atoms with E-state index in [0.717, 1.165) is 5.56 Å². The van der Waals surface area contributed by atoms with Crippen LogP contribution in [0.5, 0.6) is 0 Å². The van der Waals surface area contributed by atoms with Crippen LogP contribution in [0.1, 0.15) is 17.0 Å². The van der Waals surface area contributed by atoms with E-state index in [4.69, 9.17) is 23.2 Å². The minimum absolute atomic E-state index is 0.383. The van der Waals surface area contributed by atoms with Crippen LogP contribution in [0.3, 0.4) is 0 Å². The van der Waals surface area contributed by atoms with Crippen molar-refractivity contribution in [3.05, 3.63) is 70.5 Å². The summed E-state index contributed by atoms with van der Waals surface area (Å²) < 4.78 is 13.2. The average molecular weight is 297 g/mol. The number of rotatable bonds is 4. The van der Waals surface area contributed by atoms with Gasteiger partial charge in [-0.3, -0.25) is 4.79 Å². The van der Waals surface area contributed by atoms with E-state index in [1.165, 1.54) is 12.1 Å². The summed E-state index contributed by atoms with van der Waals surface area (Å²) in [6.45, 7) is 0. The first-order valence-corrected chi connectivity index (χ1v) is 6.51. The standard InChI is InChI=1S/C15H11Cl2FO/c16-12-5-1-3-10(7-12)8-14(15(17)19)11-4-2-6-13(18)9-11/h1-7,9,14H,8H2. The summed E-state index contributed by atoms with van der Waals surface area (Å²) in [6, 6.07) is 13.1. The van der Waals surface area contributed by atoms with Crippen LogP contribution < -0.4 is 0 Å². The molecule has 98 valence electrons. The molecule has 0 bridgehead atoms. The van der Waals surface area contributed by atoms with Gasteiger partial charge in [-0.1, -0.05) is 35.9 Å². The summed E-state index contributed by atoms with van der Waals surface area (Å²) in [5.74, 6) is -0.956. The highest BCUT2D eigenvalue weighted by Crippen LogP contribution is 2.25. The van der Waals surface area contributed by atoms with Gasteiger partial charge in [-0.25, -0.2) is 4.39 Å². The zero-order valence-corrected chi connectivity index (χ0v) is 11.5. The lowest BCUT2D eigenvalue weighted by Crippen LogP contribution is -2.10. The van der Waals surface area contributed by atoms with Gasteiger partial charge in [-0.05, 0) is 53.4 Å². The van der Waals surface area contributed by atoms with Gasteiger partial charge >= 0.3 is 0 Å². The lowest BCUT2D eigenvalue weighted by molar-refractivity contribution is -0.113. The van der Waals surface area contributed by atoms with Crippen molar-refractivity contribution < 1.29 is 9.18 Å². The maximum atomic E-state index is 13.2. The van der Waals surface area contributed by atoms with Gasteiger partial charge in [0.25, 0.3) is 0 Å². The molecule has 0 amide bonds. The predicted octanol–water partition coefficient (Wildman–Crippen LogP) is 4.57. The summed E-state index contributed by atoms with van der Waals surface area (Å²) in [4.78, 5) is 11.6. The van der Waals surface area contributed by atoms with Crippen LogP contribution >= 0.6 is 23.2 Å². The lowest BCUT2D eigenvalue weighted by atomic mass is 9.93. The first-order chi connectivity index (χ1) is 9.06. The Labute approximate surface area is 121 Å². The SMILES string of the molecule is O=C(Cl)C(Cc1cccc(Cl)c1)c1cccc(F)c1. The second-order valence-electron chi connectivity index (χ2n) is 4.25. The van der Waals surface area contributed by atoms with Crippen LogP contribution in [0.2, 0.25) is 5.02 Å². The molecule has 0 aliphatic carbocycles. The number of halogens is 3. The first kappa shape index (κ1) is 14.0. The van der Waals surface area contributed by atoms with Gasteiger partial charge in [0.1, 0.15) is 5.82 Å². The molecule has 0 N–H and O–H groups in total. The van der Waals surface area contributed by atoms with Gasteiger partial charge in [-0.15, -0.1) is 0 Å². The van der Waals surface area contributed by atoms with Crippen molar-refractivity contribution in [2.75, 3.05) is 0 Å². The molecule has 2 aromatic rings. The highest BCUT2D eigenvalue weighted by atomic mass is 35.5. The Balaban J connectivity index is 2.29. The van der Waals surface area contributed by atoms with Gasteiger partial charge in [0.2, 0.25) is 5.24 Å². The molecule has 0 saturated heterocycles. The largest absolute Gasteiger partial charge is 0.281 e. The van der Waals surface area contributed by atoms with Crippen molar-refractivity contribution >= 4 is 28.4 Å². The number of benzene rings is 2. The third kappa shape index (κ3) is 3.79. The van der Waals surface area contributed by atoms with Crippen LogP contribution in [0.4, 0.5) is 4.39 Å². The van der Waals surface area contributed by atoms with E-state index < -0.39 is 11.2 Å². The van der Waals surface area contributed by atoms with Gasteiger partial charge < -0.3 is 0 Å². The molecule has 2 aromatic carbocycles. The molecule has 0 fully saturated rings. The highest BCUT2D eigenvalue weighted by molar-refractivity contribution is 6.64. The summed E-state index contributed by atoms with van der Waals surface area (Å²) >= 11 is 11.5. The van der Waals surface area contributed by atoms with Crippen molar-refractivity contribution in [3.8, 4) is 0 Å². The summed E-state index contributed by atoms with van der Waals surface area (Å²) in [5, 5.41) is 0.0862. The first-order valence-electron chi connectivity index (χ1n) is 5.75. The third-order valence-electron chi connectivity index (χ3n) is 2.85. The van der Waals surface area contributed by atoms with E-state index in [1.54, 1.807) is 30.3 Å². The fourth-order valence-electron chi connectivity index (χ4n) is 1.95. The van der Waals surface area contributed by atoms with E-state index in [-0.39, 0.29) is 5.82 Å². The minimum atomic E-state index is -0.573. The molecule has 1 nitrogen and oxygen atoms in total. The topological polar surface area (TPSA) is 17.1 Å². The maximum Gasteiger partial charge on any atom is 0.229 e. The molecule has 0 heterocycles. The minimum Gasteiger partial charge on any atom is -0.281 e. The monoisotopic (exact) mass is 296 g/mol. The fourth-order valence-corrected chi connectivity index (χ4v) is 2.37. The van der Waals surface area contributed by atoms with Gasteiger partial charge in [0.15, 0.2) is 0 Å². The molecule has 19 heavy (non-hydrogen) atoms. The Morgan fingerprint density at radius 1 is 1.16 bits per heavy atom. The van der Waals surface area contributed by atoms with Crippen LogP contribution in [-0.4, -0.2) is 5.24 Å². The Hall–Kier alpha value is -1.38. The number of carbonyl (C=O) groups excluding carboxylic acids is 1. The van der Waals surface area contributed by atoms with Crippen molar-refractivity contribution in [2.45, 2.75) is 12.3 Å². The van der Waals surface area contributed by atoms with Gasteiger partial charge in [-0.2, -0.15) is 0 Å². The normalized spacial score (nSPS) is 12.2. The molecule has 0 aliphatic rings. The molecule has 4 heteroatoms. The molecule has 0 spiro atoms. The Bertz CT molecular complexity index is 598. The Morgan fingerprint density at radius 2 is 1.89 bits per heavy atom. The smallest absolute Gasteiger partial charge is 0.229 e. The second-order valence-corrected chi connectivity index (χ2v) is 5.05. The van der Waals surface area contributed by atoms with Crippen molar-refractivity contribution in [1.82, 2.24) is 0 Å². The predicted molar refractivity (Wildman–Crippen MR) is 75.2 cm³/mol. The zero-order valence-electron chi connectivity index (χ0n) is 9.95. The van der Waals surface area contributed by atoms with Crippen molar-refractivity contribution in [3.63, 3.8) is 0 Å².